The molecular weight excluding hydrogens is 444 g/mol. The van der Waals surface area contributed by atoms with Crippen LogP contribution in [0.15, 0.2) is 34.2 Å². The molecule has 1 aromatic carbocycles. The van der Waals surface area contributed by atoms with Gasteiger partial charge < -0.3 is 4.74 Å². The van der Waals surface area contributed by atoms with E-state index in [-0.39, 0.29) is 46.4 Å². The van der Waals surface area contributed by atoms with E-state index in [9.17, 15) is 8.42 Å². The number of ether oxygens (including phenoxy) is 1. The standard InChI is InChI=1S/C12H12IN5O3S.Na.H/c1-8-16-11(18-12(17-8)21-2)14-7-15-22(19,20)10-6-4-3-5-9(10)13;;/h3-7H,1-2H3,(H,14,15,16,17,18);;. The number of aryl methyl sites for hydroxylation is 1. The summed E-state index contributed by atoms with van der Waals surface area (Å²) in [6.07, 6.45) is 1.02. The van der Waals surface area contributed by atoms with Crippen molar-refractivity contribution in [3.8, 4) is 6.01 Å². The number of hydrogen-bond acceptors (Lipinski definition) is 7. The molecule has 0 aliphatic heterocycles. The molecule has 0 unspecified atom stereocenters. The Bertz CT molecular complexity index is 816. The van der Waals surface area contributed by atoms with E-state index in [0.29, 0.717) is 9.39 Å². The molecule has 2 rings (SSSR count). The Labute approximate surface area is 169 Å². The molecular formula is C12H13IN5NaO3S. The number of nitrogens with zero attached hydrogens (tertiary/aromatic N) is 4. The third-order valence-electron chi connectivity index (χ3n) is 2.41. The number of aromatic nitrogens is 3. The van der Waals surface area contributed by atoms with Crippen LogP contribution < -0.4 is 9.46 Å². The van der Waals surface area contributed by atoms with Crippen LogP contribution in [0.4, 0.5) is 5.95 Å². The summed E-state index contributed by atoms with van der Waals surface area (Å²) in [5.41, 5.74) is 0. The molecule has 23 heavy (non-hydrogen) atoms. The molecule has 8 nitrogen and oxygen atoms in total. The zero-order valence-electron chi connectivity index (χ0n) is 11.7. The molecule has 1 aromatic heterocycles. The maximum atomic E-state index is 12.1. The number of aliphatic imine (C=N–C) groups is 1. The molecule has 0 spiro atoms. The van der Waals surface area contributed by atoms with Crippen LogP contribution in [0.5, 0.6) is 6.01 Å². The Hall–Kier alpha value is -0.820. The molecule has 1 N–H and O–H groups in total. The number of benzene rings is 1. The van der Waals surface area contributed by atoms with E-state index in [2.05, 4.69) is 24.7 Å². The fraction of sp³-hybridized carbons (Fsp3) is 0.167. The van der Waals surface area contributed by atoms with Crippen LogP contribution in [-0.2, 0) is 10.0 Å². The summed E-state index contributed by atoms with van der Waals surface area (Å²) in [7, 11) is -2.28. The second-order valence-corrected chi connectivity index (χ2v) is 6.82. The van der Waals surface area contributed by atoms with Crippen LogP contribution in [0.2, 0.25) is 0 Å². The second-order valence-electron chi connectivity index (χ2n) is 3.98. The van der Waals surface area contributed by atoms with Crippen LogP contribution in [-0.4, -0.2) is 66.4 Å². The van der Waals surface area contributed by atoms with Crippen molar-refractivity contribution in [3.63, 3.8) is 0 Å². The van der Waals surface area contributed by atoms with Crippen molar-refractivity contribution in [1.82, 2.24) is 19.7 Å². The number of rotatable bonds is 5. The normalized spacial score (nSPS) is 11.1. The first-order chi connectivity index (χ1) is 10.4. The zero-order chi connectivity index (χ0) is 16.2. The summed E-state index contributed by atoms with van der Waals surface area (Å²) < 4.78 is 32.1. The molecule has 0 bridgehead atoms. The topological polar surface area (TPSA) is 106 Å². The minimum atomic E-state index is -3.70. The summed E-state index contributed by atoms with van der Waals surface area (Å²) in [5.74, 6) is 0.467. The number of halogens is 1. The average Bonchev–Trinajstić information content (AvgIpc) is 2.46. The summed E-state index contributed by atoms with van der Waals surface area (Å²) >= 11 is 1.95. The van der Waals surface area contributed by atoms with Crippen LogP contribution in [0.25, 0.3) is 0 Å². The van der Waals surface area contributed by atoms with Crippen LogP contribution in [0, 0.1) is 10.5 Å². The van der Waals surface area contributed by atoms with E-state index in [4.69, 9.17) is 4.74 Å². The molecule has 0 amide bonds. The Kier molecular flexibility index (Phi) is 7.80. The van der Waals surface area contributed by atoms with Crippen molar-refractivity contribution in [1.29, 1.82) is 0 Å². The van der Waals surface area contributed by atoms with Gasteiger partial charge in [-0.2, -0.15) is 15.0 Å². The Morgan fingerprint density at radius 2 is 1.96 bits per heavy atom. The molecule has 0 fully saturated rings. The van der Waals surface area contributed by atoms with Crippen molar-refractivity contribution < 1.29 is 13.2 Å². The fourth-order valence-electron chi connectivity index (χ4n) is 1.47. The van der Waals surface area contributed by atoms with Crippen LogP contribution in [0.1, 0.15) is 5.82 Å². The van der Waals surface area contributed by atoms with Gasteiger partial charge in [-0.25, -0.2) is 13.4 Å². The van der Waals surface area contributed by atoms with Crippen LogP contribution >= 0.6 is 22.6 Å². The molecule has 0 radical (unpaired) electrons. The number of methoxy groups -OCH3 is 1. The van der Waals surface area contributed by atoms with E-state index in [0.717, 1.165) is 6.34 Å². The third-order valence-corrected chi connectivity index (χ3v) is 5.07. The molecule has 0 atom stereocenters. The maximum absolute atomic E-state index is 12.1. The van der Waals surface area contributed by atoms with Gasteiger partial charge in [0.15, 0.2) is 0 Å². The Morgan fingerprint density at radius 1 is 1.26 bits per heavy atom. The van der Waals surface area contributed by atoms with Crippen molar-refractivity contribution in [2.24, 2.45) is 4.99 Å². The van der Waals surface area contributed by atoms with Gasteiger partial charge in [0.1, 0.15) is 17.1 Å². The van der Waals surface area contributed by atoms with E-state index in [1.54, 1.807) is 25.1 Å². The van der Waals surface area contributed by atoms with Crippen molar-refractivity contribution in [2.75, 3.05) is 7.11 Å². The molecule has 0 aliphatic rings. The van der Waals surface area contributed by atoms with Crippen molar-refractivity contribution in [2.45, 2.75) is 11.8 Å². The molecule has 2 aromatic rings. The zero-order valence-corrected chi connectivity index (χ0v) is 14.7. The fourth-order valence-corrected chi connectivity index (χ4v) is 3.63. The molecule has 1 heterocycles. The second kappa shape index (κ2) is 8.87. The third kappa shape index (κ3) is 5.64. The van der Waals surface area contributed by atoms with Gasteiger partial charge in [0, 0.05) is 3.57 Å². The molecule has 11 heteroatoms. The summed E-state index contributed by atoms with van der Waals surface area (Å²) in [5, 5.41) is 0. The van der Waals surface area contributed by atoms with Gasteiger partial charge in [-0.3, -0.25) is 4.72 Å². The first-order valence-corrected chi connectivity index (χ1v) is 8.54. The Balaban J connectivity index is 0.00000264. The van der Waals surface area contributed by atoms with Gasteiger partial charge in [-0.15, -0.1) is 0 Å². The molecule has 0 saturated heterocycles. The predicted molar refractivity (Wildman–Crippen MR) is 95.9 cm³/mol. The summed E-state index contributed by atoms with van der Waals surface area (Å²) in [6.45, 7) is 1.65. The van der Waals surface area contributed by atoms with E-state index in [1.807, 2.05) is 22.6 Å². The molecule has 118 valence electrons. The van der Waals surface area contributed by atoms with Crippen LogP contribution in [0.3, 0.4) is 0 Å². The van der Waals surface area contributed by atoms with Gasteiger partial charge in [-0.05, 0) is 41.6 Å². The molecule has 0 aliphatic carbocycles. The van der Waals surface area contributed by atoms with Crippen molar-refractivity contribution >= 4 is 74.5 Å². The van der Waals surface area contributed by atoms with E-state index >= 15 is 0 Å². The Morgan fingerprint density at radius 3 is 2.61 bits per heavy atom. The predicted octanol–water partition coefficient (Wildman–Crippen LogP) is 0.783. The number of sulfonamides is 1. The van der Waals surface area contributed by atoms with Gasteiger partial charge >= 0.3 is 35.6 Å². The van der Waals surface area contributed by atoms with E-state index in [1.165, 1.54) is 13.2 Å². The average molecular weight is 457 g/mol. The van der Waals surface area contributed by atoms with E-state index < -0.39 is 10.0 Å². The first kappa shape index (κ1) is 20.2. The minimum absolute atomic E-state index is 0. The van der Waals surface area contributed by atoms with Gasteiger partial charge in [0.25, 0.3) is 16.0 Å². The summed E-state index contributed by atoms with van der Waals surface area (Å²) in [6, 6.07) is 6.73. The quantitative estimate of drug-likeness (QED) is 0.308. The monoisotopic (exact) mass is 457 g/mol. The molecule has 0 saturated carbocycles. The number of nitrogens with one attached hydrogen (secondary N) is 1. The number of hydrogen-bond donors (Lipinski definition) is 1. The summed E-state index contributed by atoms with van der Waals surface area (Å²) in [4.78, 5) is 15.8. The SMILES string of the molecule is COc1nc(C)nc(N=CNS(=O)(=O)c2ccccc2I)n1.[NaH]. The first-order valence-electron chi connectivity index (χ1n) is 5.98. The van der Waals surface area contributed by atoms with Gasteiger partial charge in [0.2, 0.25) is 0 Å². The van der Waals surface area contributed by atoms with Gasteiger partial charge in [-0.1, -0.05) is 12.1 Å². The van der Waals surface area contributed by atoms with Crippen molar-refractivity contribution in [3.05, 3.63) is 33.7 Å². The van der Waals surface area contributed by atoms with Gasteiger partial charge in [0.05, 0.1) is 7.11 Å².